The van der Waals surface area contributed by atoms with E-state index in [-0.39, 0.29) is 16.8 Å². The molecule has 1 amide bonds. The lowest BCUT2D eigenvalue weighted by atomic mass is 10.1. The normalized spacial score (nSPS) is 11.4. The molecule has 1 aromatic rings. The van der Waals surface area contributed by atoms with Crippen LogP contribution >= 0.6 is 15.9 Å². The third-order valence-corrected chi connectivity index (χ3v) is 2.49. The minimum absolute atomic E-state index is 0.274. The fourth-order valence-corrected chi connectivity index (χ4v) is 1.60. The van der Waals surface area contributed by atoms with Gasteiger partial charge in [0.05, 0.1) is 11.3 Å². The van der Waals surface area contributed by atoms with Crippen molar-refractivity contribution in [2.75, 3.05) is 18.5 Å². The van der Waals surface area contributed by atoms with Gasteiger partial charge in [-0.2, -0.15) is 13.2 Å². The Balaban J connectivity index is 2.92. The molecule has 0 unspecified atom stereocenters. The van der Waals surface area contributed by atoms with Crippen LogP contribution in [0.1, 0.15) is 12.5 Å². The Morgan fingerprint density at radius 3 is 2.67 bits per heavy atom. The summed E-state index contributed by atoms with van der Waals surface area (Å²) in [6.07, 6.45) is -4.53. The lowest BCUT2D eigenvalue weighted by Crippen LogP contribution is -2.20. The molecule has 0 atom stereocenters. The zero-order valence-corrected chi connectivity index (χ0v) is 11.1. The summed E-state index contributed by atoms with van der Waals surface area (Å²) in [5, 5.41) is 2.17. The van der Waals surface area contributed by atoms with E-state index in [1.807, 2.05) is 0 Å². The Bertz CT molecular complexity index is 435. The fourth-order valence-electron chi connectivity index (χ4n) is 1.24. The number of nitrogens with one attached hydrogen (secondary N) is 1. The molecular formula is C11H11BrF3NO2. The second kappa shape index (κ2) is 6.19. The second-order valence-electron chi connectivity index (χ2n) is 3.37. The monoisotopic (exact) mass is 325 g/mol. The van der Waals surface area contributed by atoms with Crippen molar-refractivity contribution in [2.24, 2.45) is 0 Å². The zero-order chi connectivity index (χ0) is 13.8. The molecule has 0 saturated carbocycles. The number of alkyl halides is 3. The lowest BCUT2D eigenvalue weighted by molar-refractivity contribution is -0.137. The van der Waals surface area contributed by atoms with Crippen molar-refractivity contribution in [3.63, 3.8) is 0 Å². The third kappa shape index (κ3) is 4.30. The van der Waals surface area contributed by atoms with Crippen LogP contribution in [-0.2, 0) is 15.7 Å². The van der Waals surface area contributed by atoms with Gasteiger partial charge < -0.3 is 10.1 Å². The molecule has 0 aromatic heterocycles. The molecule has 0 spiro atoms. The summed E-state index contributed by atoms with van der Waals surface area (Å²) in [5.74, 6) is -0.621. The summed E-state index contributed by atoms with van der Waals surface area (Å²) in [4.78, 5) is 11.3. The molecule has 1 rings (SSSR count). The molecule has 3 nitrogen and oxygen atoms in total. The maximum Gasteiger partial charge on any atom is 0.418 e. The zero-order valence-electron chi connectivity index (χ0n) is 9.47. The van der Waals surface area contributed by atoms with Crippen LogP contribution in [0.5, 0.6) is 0 Å². The number of carbonyl (C=O) groups excluding carboxylic acids is 1. The number of anilines is 1. The fraction of sp³-hybridized carbons (Fsp3) is 0.364. The molecule has 0 aliphatic heterocycles. The largest absolute Gasteiger partial charge is 0.418 e. The number of ether oxygens (including phenoxy) is 1. The minimum Gasteiger partial charge on any atom is -0.372 e. The summed E-state index contributed by atoms with van der Waals surface area (Å²) >= 11 is 2.96. The van der Waals surface area contributed by atoms with E-state index < -0.39 is 17.6 Å². The standard InChI is InChI=1S/C11H11BrF3NO2/c1-2-18-6-10(17)16-9-4-3-7(12)5-8(9)11(13,14)15/h3-5H,2,6H2,1H3,(H,16,17). The summed E-state index contributed by atoms with van der Waals surface area (Å²) in [5.41, 5.74) is -1.18. The number of rotatable bonds is 4. The van der Waals surface area contributed by atoms with Gasteiger partial charge in [0, 0.05) is 11.1 Å². The number of hydrogen-bond donors (Lipinski definition) is 1. The third-order valence-electron chi connectivity index (χ3n) is 2.00. The highest BCUT2D eigenvalue weighted by atomic mass is 79.9. The van der Waals surface area contributed by atoms with Gasteiger partial charge in [-0.3, -0.25) is 4.79 Å². The van der Waals surface area contributed by atoms with E-state index in [2.05, 4.69) is 21.2 Å². The molecule has 1 aromatic carbocycles. The molecule has 0 saturated heterocycles. The van der Waals surface area contributed by atoms with Crippen molar-refractivity contribution < 1.29 is 22.7 Å². The van der Waals surface area contributed by atoms with Gasteiger partial charge in [-0.05, 0) is 25.1 Å². The maximum absolute atomic E-state index is 12.7. The van der Waals surface area contributed by atoms with Crippen LogP contribution < -0.4 is 5.32 Å². The van der Waals surface area contributed by atoms with Gasteiger partial charge in [-0.25, -0.2) is 0 Å². The maximum atomic E-state index is 12.7. The molecule has 100 valence electrons. The molecule has 0 aliphatic rings. The van der Waals surface area contributed by atoms with Crippen LogP contribution in [0.3, 0.4) is 0 Å². The van der Waals surface area contributed by atoms with Crippen molar-refractivity contribution in [1.29, 1.82) is 0 Å². The summed E-state index contributed by atoms with van der Waals surface area (Å²) in [6.45, 7) is 1.73. The van der Waals surface area contributed by atoms with Crippen LogP contribution in [-0.4, -0.2) is 19.1 Å². The molecule has 0 bridgehead atoms. The highest BCUT2D eigenvalue weighted by molar-refractivity contribution is 9.10. The molecule has 0 fully saturated rings. The summed E-state index contributed by atoms with van der Waals surface area (Å²) in [6, 6.07) is 3.53. The second-order valence-corrected chi connectivity index (χ2v) is 4.29. The Labute approximate surface area is 110 Å². The highest BCUT2D eigenvalue weighted by Gasteiger charge is 2.34. The first kappa shape index (κ1) is 15.0. The molecule has 0 aliphatic carbocycles. The van der Waals surface area contributed by atoms with Crippen LogP contribution in [0.15, 0.2) is 22.7 Å². The Hall–Kier alpha value is -1.08. The van der Waals surface area contributed by atoms with E-state index in [0.29, 0.717) is 6.61 Å². The topological polar surface area (TPSA) is 38.3 Å². The number of benzene rings is 1. The molecule has 0 heterocycles. The number of amides is 1. The van der Waals surface area contributed by atoms with E-state index in [4.69, 9.17) is 4.74 Å². The smallest absolute Gasteiger partial charge is 0.372 e. The van der Waals surface area contributed by atoms with Gasteiger partial charge in [-0.1, -0.05) is 15.9 Å². The average molecular weight is 326 g/mol. The van der Waals surface area contributed by atoms with Crippen LogP contribution in [0.4, 0.5) is 18.9 Å². The van der Waals surface area contributed by atoms with Crippen molar-refractivity contribution in [1.82, 2.24) is 0 Å². The molecular weight excluding hydrogens is 315 g/mol. The summed E-state index contributed by atoms with van der Waals surface area (Å²) in [7, 11) is 0. The van der Waals surface area contributed by atoms with Gasteiger partial charge in [-0.15, -0.1) is 0 Å². The average Bonchev–Trinajstić information content (AvgIpc) is 2.27. The quantitative estimate of drug-likeness (QED) is 0.920. The Morgan fingerprint density at radius 2 is 2.11 bits per heavy atom. The van der Waals surface area contributed by atoms with E-state index in [0.717, 1.165) is 6.07 Å². The predicted octanol–water partition coefficient (Wildman–Crippen LogP) is 3.44. The van der Waals surface area contributed by atoms with Crippen LogP contribution in [0.2, 0.25) is 0 Å². The van der Waals surface area contributed by atoms with Crippen molar-refractivity contribution in [3.05, 3.63) is 28.2 Å². The molecule has 0 radical (unpaired) electrons. The van der Waals surface area contributed by atoms with E-state index in [9.17, 15) is 18.0 Å². The molecule has 7 heteroatoms. The van der Waals surface area contributed by atoms with E-state index in [1.165, 1.54) is 12.1 Å². The van der Waals surface area contributed by atoms with Gasteiger partial charge in [0.25, 0.3) is 0 Å². The van der Waals surface area contributed by atoms with Gasteiger partial charge in [0.2, 0.25) is 5.91 Å². The highest BCUT2D eigenvalue weighted by Crippen LogP contribution is 2.36. The number of halogens is 4. The Kier molecular flexibility index (Phi) is 5.15. The van der Waals surface area contributed by atoms with Crippen LogP contribution in [0, 0.1) is 0 Å². The number of hydrogen-bond acceptors (Lipinski definition) is 2. The van der Waals surface area contributed by atoms with E-state index in [1.54, 1.807) is 6.92 Å². The minimum atomic E-state index is -4.53. The predicted molar refractivity (Wildman–Crippen MR) is 64.3 cm³/mol. The first-order valence-electron chi connectivity index (χ1n) is 5.09. The molecule has 1 N–H and O–H groups in total. The molecule has 18 heavy (non-hydrogen) atoms. The van der Waals surface area contributed by atoms with Gasteiger partial charge in [0.1, 0.15) is 6.61 Å². The Morgan fingerprint density at radius 1 is 1.44 bits per heavy atom. The van der Waals surface area contributed by atoms with Crippen molar-refractivity contribution >= 4 is 27.5 Å². The summed E-state index contributed by atoms with van der Waals surface area (Å²) < 4.78 is 43.3. The van der Waals surface area contributed by atoms with Gasteiger partial charge in [0.15, 0.2) is 0 Å². The number of carbonyl (C=O) groups is 1. The van der Waals surface area contributed by atoms with Gasteiger partial charge >= 0.3 is 6.18 Å². The van der Waals surface area contributed by atoms with Crippen molar-refractivity contribution in [2.45, 2.75) is 13.1 Å². The van der Waals surface area contributed by atoms with Crippen LogP contribution in [0.25, 0.3) is 0 Å². The first-order valence-corrected chi connectivity index (χ1v) is 5.88. The van der Waals surface area contributed by atoms with Crippen molar-refractivity contribution in [3.8, 4) is 0 Å². The van der Waals surface area contributed by atoms with E-state index >= 15 is 0 Å². The SMILES string of the molecule is CCOCC(=O)Nc1ccc(Br)cc1C(F)(F)F. The lowest BCUT2D eigenvalue weighted by Gasteiger charge is -2.14. The first-order chi connectivity index (χ1) is 8.34.